The van der Waals surface area contributed by atoms with E-state index in [0.29, 0.717) is 18.1 Å². The van der Waals surface area contributed by atoms with Gasteiger partial charge in [-0.1, -0.05) is 40.0 Å². The van der Waals surface area contributed by atoms with Crippen molar-refractivity contribution in [1.82, 2.24) is 9.47 Å². The van der Waals surface area contributed by atoms with Gasteiger partial charge in [0.15, 0.2) is 0 Å². The van der Waals surface area contributed by atoms with Gasteiger partial charge in [-0.05, 0) is 54.6 Å². The fraction of sp³-hybridized carbons (Fsp3) is 0.167. The summed E-state index contributed by atoms with van der Waals surface area (Å²) in [5, 5.41) is 0.639. The van der Waals surface area contributed by atoms with E-state index in [-0.39, 0.29) is 17.7 Å². The summed E-state index contributed by atoms with van der Waals surface area (Å²) in [5.41, 5.74) is 2.97. The molecule has 0 N–H and O–H groups in total. The summed E-state index contributed by atoms with van der Waals surface area (Å²) in [6, 6.07) is 13.9. The van der Waals surface area contributed by atoms with E-state index in [1.807, 2.05) is 55.6 Å². The molecular formula is C24H19BrN2O3S. The van der Waals surface area contributed by atoms with Crippen molar-refractivity contribution >= 4 is 55.8 Å². The number of aryl methyl sites for hydroxylation is 1. The van der Waals surface area contributed by atoms with Gasteiger partial charge >= 0.3 is 0 Å². The highest BCUT2D eigenvalue weighted by Gasteiger charge is 2.34. The lowest BCUT2D eigenvalue weighted by atomic mass is 10.1. The van der Waals surface area contributed by atoms with E-state index in [1.54, 1.807) is 6.08 Å². The van der Waals surface area contributed by atoms with Crippen LogP contribution in [-0.2, 0) is 11.3 Å². The molecule has 0 aliphatic carbocycles. The molecule has 0 saturated carbocycles. The van der Waals surface area contributed by atoms with E-state index in [1.165, 1.54) is 0 Å². The first kappa shape index (κ1) is 21.3. The number of benzene rings is 2. The molecule has 0 spiro atoms. The largest absolute Gasteiger partial charge is 0.491 e. The molecule has 156 valence electrons. The van der Waals surface area contributed by atoms with E-state index in [0.717, 1.165) is 48.9 Å². The number of halogens is 1. The Kier molecular flexibility index (Phi) is 6.21. The second-order valence-corrected chi connectivity index (χ2v) is 8.93. The van der Waals surface area contributed by atoms with Crippen LogP contribution < -0.4 is 4.74 Å². The Morgan fingerprint density at radius 2 is 2.03 bits per heavy atom. The molecule has 0 atom stereocenters. The number of thioether (sulfide) groups is 1. The van der Waals surface area contributed by atoms with Crippen LogP contribution >= 0.6 is 27.7 Å². The molecule has 1 aromatic heterocycles. The molecule has 1 aliphatic rings. The van der Waals surface area contributed by atoms with Crippen molar-refractivity contribution in [2.75, 3.05) is 13.2 Å². The number of ether oxygens (including phenoxy) is 1. The summed E-state index contributed by atoms with van der Waals surface area (Å²) in [7, 11) is 0. The zero-order valence-corrected chi connectivity index (χ0v) is 19.2. The summed E-state index contributed by atoms with van der Waals surface area (Å²) < 4.78 is 8.98. The zero-order valence-electron chi connectivity index (χ0n) is 16.8. The van der Waals surface area contributed by atoms with Crippen molar-refractivity contribution in [3.05, 3.63) is 69.2 Å². The van der Waals surface area contributed by atoms with Gasteiger partial charge in [-0.3, -0.25) is 14.5 Å². The molecule has 0 bridgehead atoms. The predicted molar refractivity (Wildman–Crippen MR) is 128 cm³/mol. The second-order valence-electron chi connectivity index (χ2n) is 7.03. The smallest absolute Gasteiger partial charge is 0.294 e. The maximum absolute atomic E-state index is 12.6. The fourth-order valence-corrected chi connectivity index (χ4v) is 4.63. The number of carbonyl (C=O) groups is 2. The molecule has 3 aromatic rings. The predicted octanol–water partition coefficient (Wildman–Crippen LogP) is 5.46. The number of carbonyl (C=O) groups excluding carboxylic acids is 2. The minimum absolute atomic E-state index is 0.0223. The van der Waals surface area contributed by atoms with Crippen molar-refractivity contribution < 1.29 is 14.3 Å². The monoisotopic (exact) mass is 494 g/mol. The highest BCUT2D eigenvalue weighted by atomic mass is 79.9. The molecule has 2 heterocycles. The number of amides is 2. The molecule has 4 rings (SSSR count). The molecule has 5 nitrogen and oxygen atoms in total. The van der Waals surface area contributed by atoms with Crippen molar-refractivity contribution in [2.24, 2.45) is 0 Å². The molecule has 7 heteroatoms. The van der Waals surface area contributed by atoms with Crippen LogP contribution in [0, 0.1) is 19.3 Å². The van der Waals surface area contributed by atoms with Crippen molar-refractivity contribution in [3.63, 3.8) is 0 Å². The SMILES string of the molecule is C#CCN1C(=O)S/C(=C\c2cn(CCOc3ccccc3C)c3ccc(Br)cc23)C1=O. The van der Waals surface area contributed by atoms with Crippen LogP contribution in [-0.4, -0.2) is 33.8 Å². The Labute approximate surface area is 193 Å². The minimum Gasteiger partial charge on any atom is -0.491 e. The quantitative estimate of drug-likeness (QED) is 0.337. The number of aromatic nitrogens is 1. The van der Waals surface area contributed by atoms with Crippen LogP contribution in [0.15, 0.2) is 58.0 Å². The molecular weight excluding hydrogens is 476 g/mol. The zero-order chi connectivity index (χ0) is 22.0. The molecule has 2 amide bonds. The number of nitrogens with zero attached hydrogens (tertiary/aromatic N) is 2. The van der Waals surface area contributed by atoms with E-state index in [9.17, 15) is 9.59 Å². The second kappa shape index (κ2) is 9.04. The van der Waals surface area contributed by atoms with Gasteiger partial charge in [0.2, 0.25) is 0 Å². The number of hydrogen-bond acceptors (Lipinski definition) is 4. The maximum atomic E-state index is 12.6. The Morgan fingerprint density at radius 1 is 1.23 bits per heavy atom. The van der Waals surface area contributed by atoms with E-state index in [4.69, 9.17) is 11.2 Å². The van der Waals surface area contributed by atoms with Gasteiger partial charge in [-0.2, -0.15) is 0 Å². The number of rotatable bonds is 6. The average Bonchev–Trinajstić information content (AvgIpc) is 3.21. The lowest BCUT2D eigenvalue weighted by molar-refractivity contribution is -0.122. The van der Waals surface area contributed by atoms with E-state index in [2.05, 4.69) is 26.4 Å². The van der Waals surface area contributed by atoms with E-state index >= 15 is 0 Å². The van der Waals surface area contributed by atoms with Crippen LogP contribution in [0.1, 0.15) is 11.1 Å². The molecule has 0 unspecified atom stereocenters. The van der Waals surface area contributed by atoms with Crippen LogP contribution in [0.3, 0.4) is 0 Å². The summed E-state index contributed by atoms with van der Waals surface area (Å²) >= 11 is 4.43. The summed E-state index contributed by atoms with van der Waals surface area (Å²) in [5.74, 6) is 2.87. The van der Waals surface area contributed by atoms with Gasteiger partial charge in [0.1, 0.15) is 12.4 Å². The first-order chi connectivity index (χ1) is 15.0. The molecule has 31 heavy (non-hydrogen) atoms. The molecule has 1 saturated heterocycles. The molecule has 1 fully saturated rings. The summed E-state index contributed by atoms with van der Waals surface area (Å²) in [4.78, 5) is 26.1. The van der Waals surface area contributed by atoms with Crippen molar-refractivity contribution in [1.29, 1.82) is 0 Å². The minimum atomic E-state index is -0.355. The Hall–Kier alpha value is -2.95. The van der Waals surface area contributed by atoms with Crippen molar-refractivity contribution in [2.45, 2.75) is 13.5 Å². The van der Waals surface area contributed by atoms with Gasteiger partial charge in [0, 0.05) is 27.1 Å². The number of para-hydroxylation sites is 1. The van der Waals surface area contributed by atoms with Crippen LogP contribution in [0.5, 0.6) is 5.75 Å². The highest BCUT2D eigenvalue weighted by molar-refractivity contribution is 9.10. The van der Waals surface area contributed by atoms with Crippen molar-refractivity contribution in [3.8, 4) is 18.1 Å². The van der Waals surface area contributed by atoms with Gasteiger partial charge in [-0.15, -0.1) is 6.42 Å². The number of hydrogen-bond donors (Lipinski definition) is 0. The van der Waals surface area contributed by atoms with Gasteiger partial charge in [0.05, 0.1) is 18.0 Å². The summed E-state index contributed by atoms with van der Waals surface area (Å²) in [6.07, 6.45) is 9.02. The number of imide groups is 1. The van der Waals surface area contributed by atoms with Gasteiger partial charge in [-0.25, -0.2) is 0 Å². The van der Waals surface area contributed by atoms with E-state index < -0.39 is 0 Å². The lowest BCUT2D eigenvalue weighted by Crippen LogP contribution is -2.28. The van der Waals surface area contributed by atoms with Gasteiger partial charge in [0.25, 0.3) is 11.1 Å². The topological polar surface area (TPSA) is 51.5 Å². The number of terminal acetylenes is 1. The van der Waals surface area contributed by atoms with Gasteiger partial charge < -0.3 is 9.30 Å². The standard InChI is InChI=1S/C24H19BrN2O3S/c1-3-10-27-23(28)22(31-24(27)29)13-17-15-26(20-9-8-18(25)14-19(17)20)11-12-30-21-7-5-4-6-16(21)2/h1,4-9,13-15H,10-12H2,2H3/b22-13-. The number of fused-ring (bicyclic) bond motifs is 1. The Balaban J connectivity index is 1.62. The third-order valence-corrected chi connectivity index (χ3v) is 6.37. The molecule has 0 radical (unpaired) electrons. The summed E-state index contributed by atoms with van der Waals surface area (Å²) in [6.45, 7) is 3.14. The Bertz CT molecular complexity index is 1260. The first-order valence-corrected chi connectivity index (χ1v) is 11.2. The maximum Gasteiger partial charge on any atom is 0.294 e. The van der Waals surface area contributed by atoms with Crippen LogP contribution in [0.25, 0.3) is 17.0 Å². The average molecular weight is 495 g/mol. The highest BCUT2D eigenvalue weighted by Crippen LogP contribution is 2.34. The fourth-order valence-electron chi connectivity index (χ4n) is 3.44. The Morgan fingerprint density at radius 3 is 2.81 bits per heavy atom. The van der Waals surface area contributed by atoms with Crippen LogP contribution in [0.2, 0.25) is 0 Å². The lowest BCUT2D eigenvalue weighted by Gasteiger charge is -2.10. The molecule has 1 aliphatic heterocycles. The first-order valence-electron chi connectivity index (χ1n) is 9.63. The third-order valence-electron chi connectivity index (χ3n) is 4.97. The molecule has 2 aromatic carbocycles. The normalized spacial score (nSPS) is 15.1. The third kappa shape index (κ3) is 4.41. The van der Waals surface area contributed by atoms with Crippen LogP contribution in [0.4, 0.5) is 4.79 Å².